The minimum absolute atomic E-state index is 0.0617. The van der Waals surface area contributed by atoms with E-state index in [1.54, 1.807) is 29.3 Å². The Balaban J connectivity index is 1.58. The number of aromatic nitrogens is 1. The summed E-state index contributed by atoms with van der Waals surface area (Å²) in [6, 6.07) is 8.73. The molecule has 0 bridgehead atoms. The molecule has 1 aliphatic heterocycles. The van der Waals surface area contributed by atoms with Crippen LogP contribution in [0.2, 0.25) is 0 Å². The molecule has 7 nitrogen and oxygen atoms in total. The highest BCUT2D eigenvalue weighted by Crippen LogP contribution is 2.22. The van der Waals surface area contributed by atoms with Crippen LogP contribution in [0.1, 0.15) is 33.6 Å². The van der Waals surface area contributed by atoms with E-state index < -0.39 is 10.0 Å². The van der Waals surface area contributed by atoms with Gasteiger partial charge in [-0.1, -0.05) is 18.2 Å². The quantitative estimate of drug-likeness (QED) is 0.820. The number of pyridine rings is 1. The van der Waals surface area contributed by atoms with Crippen molar-refractivity contribution in [1.29, 1.82) is 0 Å². The number of amides is 2. The van der Waals surface area contributed by atoms with Gasteiger partial charge in [0.2, 0.25) is 10.0 Å². The molecule has 2 amide bonds. The number of carbonyl (C=O) groups is 1. The molecule has 1 saturated heterocycles. The zero-order chi connectivity index (χ0) is 20.4. The van der Waals surface area contributed by atoms with Gasteiger partial charge in [0.05, 0.1) is 5.52 Å². The first-order chi connectivity index (χ1) is 13.2. The number of rotatable bonds is 4. The Morgan fingerprint density at radius 2 is 1.86 bits per heavy atom. The Kier molecular flexibility index (Phi) is 5.90. The Morgan fingerprint density at radius 3 is 2.54 bits per heavy atom. The van der Waals surface area contributed by atoms with Crippen molar-refractivity contribution in [1.82, 2.24) is 19.9 Å². The first-order valence-corrected chi connectivity index (χ1v) is 11.0. The second kappa shape index (κ2) is 8.05. The Bertz CT molecular complexity index is 940. The lowest BCUT2D eigenvalue weighted by Crippen LogP contribution is -2.51. The maximum Gasteiger partial charge on any atom is 0.317 e. The minimum atomic E-state index is -3.65. The second-order valence-corrected chi connectivity index (χ2v) is 10.0. The van der Waals surface area contributed by atoms with Crippen molar-refractivity contribution in [3.8, 4) is 0 Å². The number of fused-ring (bicyclic) bond motifs is 1. The van der Waals surface area contributed by atoms with Gasteiger partial charge < -0.3 is 10.2 Å². The zero-order valence-electron chi connectivity index (χ0n) is 16.6. The number of sulfonamides is 1. The number of urea groups is 1. The molecule has 0 spiro atoms. The second-order valence-electron chi connectivity index (χ2n) is 8.29. The number of hydrogen-bond donors (Lipinski definition) is 2. The fraction of sp³-hybridized carbons (Fsp3) is 0.500. The molecule has 0 unspecified atom stereocenters. The number of para-hydroxylation sites is 1. The smallest absolute Gasteiger partial charge is 0.317 e. The van der Waals surface area contributed by atoms with E-state index in [0.29, 0.717) is 25.2 Å². The highest BCUT2D eigenvalue weighted by molar-refractivity contribution is 7.89. The van der Waals surface area contributed by atoms with Crippen molar-refractivity contribution in [2.45, 2.75) is 44.0 Å². The molecule has 0 radical (unpaired) electrons. The predicted octanol–water partition coefficient (Wildman–Crippen LogP) is 2.73. The van der Waals surface area contributed by atoms with Crippen LogP contribution in [0, 0.1) is 5.92 Å². The first kappa shape index (κ1) is 20.5. The number of hydrogen-bond acceptors (Lipinski definition) is 4. The number of nitrogens with zero attached hydrogens (tertiary/aromatic N) is 2. The molecule has 0 saturated carbocycles. The van der Waals surface area contributed by atoms with Gasteiger partial charge in [0.1, 0.15) is 4.90 Å². The van der Waals surface area contributed by atoms with Gasteiger partial charge >= 0.3 is 6.03 Å². The van der Waals surface area contributed by atoms with Crippen LogP contribution < -0.4 is 10.0 Å². The SMILES string of the molecule is CC(C)(C)NC(=O)N1CCC(CNS(=O)(=O)c2cccc3cccnc23)CC1. The van der Waals surface area contributed by atoms with Gasteiger partial charge in [-0.2, -0.15) is 0 Å². The van der Waals surface area contributed by atoms with Crippen LogP contribution in [0.5, 0.6) is 0 Å². The van der Waals surface area contributed by atoms with E-state index in [-0.39, 0.29) is 22.4 Å². The molecule has 3 rings (SSSR count). The van der Waals surface area contributed by atoms with Crippen molar-refractivity contribution >= 4 is 27.0 Å². The van der Waals surface area contributed by atoms with Gasteiger partial charge in [-0.05, 0) is 51.7 Å². The average Bonchev–Trinajstić information content (AvgIpc) is 2.65. The van der Waals surface area contributed by atoms with Crippen LogP contribution in [0.4, 0.5) is 4.79 Å². The monoisotopic (exact) mass is 404 g/mol. The molecule has 1 aromatic heterocycles. The third kappa shape index (κ3) is 4.99. The average molecular weight is 405 g/mol. The summed E-state index contributed by atoms with van der Waals surface area (Å²) in [7, 11) is -3.65. The van der Waals surface area contributed by atoms with Gasteiger partial charge in [0.25, 0.3) is 0 Å². The third-order valence-electron chi connectivity index (χ3n) is 4.83. The number of nitrogens with one attached hydrogen (secondary N) is 2. The lowest BCUT2D eigenvalue weighted by Gasteiger charge is -2.34. The van der Waals surface area contributed by atoms with Crippen LogP contribution in [0.25, 0.3) is 10.9 Å². The fourth-order valence-corrected chi connectivity index (χ4v) is 4.63. The summed E-state index contributed by atoms with van der Waals surface area (Å²) >= 11 is 0. The third-order valence-corrected chi connectivity index (χ3v) is 6.29. The molecule has 1 aromatic carbocycles. The van der Waals surface area contributed by atoms with E-state index in [4.69, 9.17) is 0 Å². The van der Waals surface area contributed by atoms with Crippen LogP contribution >= 0.6 is 0 Å². The number of carbonyl (C=O) groups excluding carboxylic acids is 1. The van der Waals surface area contributed by atoms with E-state index in [1.807, 2.05) is 32.9 Å². The Morgan fingerprint density at radius 1 is 1.18 bits per heavy atom. The van der Waals surface area contributed by atoms with Crippen LogP contribution in [0.15, 0.2) is 41.4 Å². The van der Waals surface area contributed by atoms with Gasteiger partial charge in [-0.3, -0.25) is 4.98 Å². The van der Waals surface area contributed by atoms with Crippen molar-refractivity contribution in [2.24, 2.45) is 5.92 Å². The molecule has 0 atom stereocenters. The van der Waals surface area contributed by atoms with Crippen LogP contribution in [0.3, 0.4) is 0 Å². The van der Waals surface area contributed by atoms with Crippen LogP contribution in [-0.2, 0) is 10.0 Å². The maximum atomic E-state index is 12.8. The van der Waals surface area contributed by atoms with E-state index in [2.05, 4.69) is 15.0 Å². The Hall–Kier alpha value is -2.19. The van der Waals surface area contributed by atoms with Gasteiger partial charge in [-0.25, -0.2) is 17.9 Å². The fourth-order valence-electron chi connectivity index (χ4n) is 3.34. The Labute approximate surface area is 166 Å². The van der Waals surface area contributed by atoms with Crippen molar-refractivity contribution in [2.75, 3.05) is 19.6 Å². The maximum absolute atomic E-state index is 12.8. The molecule has 0 aliphatic carbocycles. The summed E-state index contributed by atoms with van der Waals surface area (Å²) in [6.45, 7) is 7.48. The molecule has 2 N–H and O–H groups in total. The molecule has 1 aliphatic rings. The number of likely N-dealkylation sites (tertiary alicyclic amines) is 1. The summed E-state index contributed by atoms with van der Waals surface area (Å²) < 4.78 is 28.3. The summed E-state index contributed by atoms with van der Waals surface area (Å²) in [5.41, 5.74) is 0.210. The molecule has 2 heterocycles. The standard InChI is InChI=1S/C20H28N4O3S/c1-20(2,3)23-19(25)24-12-9-15(10-13-24)14-22-28(26,27)17-8-4-6-16-7-5-11-21-18(16)17/h4-8,11,15,22H,9-10,12-14H2,1-3H3,(H,23,25). The van der Waals surface area contributed by atoms with E-state index in [9.17, 15) is 13.2 Å². The minimum Gasteiger partial charge on any atom is -0.333 e. The van der Waals surface area contributed by atoms with Gasteiger partial charge in [0.15, 0.2) is 0 Å². The van der Waals surface area contributed by atoms with Crippen molar-refractivity contribution < 1.29 is 13.2 Å². The summed E-state index contributed by atoms with van der Waals surface area (Å²) in [5.74, 6) is 0.205. The topological polar surface area (TPSA) is 91.4 Å². The summed E-state index contributed by atoms with van der Waals surface area (Å²) in [4.78, 5) is 18.5. The molecule has 28 heavy (non-hydrogen) atoms. The van der Waals surface area contributed by atoms with E-state index in [0.717, 1.165) is 18.2 Å². The molecule has 8 heteroatoms. The normalized spacial score (nSPS) is 16.3. The highest BCUT2D eigenvalue weighted by atomic mass is 32.2. The number of piperidine rings is 1. The van der Waals surface area contributed by atoms with Gasteiger partial charge in [0, 0.05) is 36.8 Å². The molecular weight excluding hydrogens is 376 g/mol. The lowest BCUT2D eigenvalue weighted by molar-refractivity contribution is 0.163. The van der Waals surface area contributed by atoms with E-state index in [1.165, 1.54) is 0 Å². The number of benzene rings is 1. The van der Waals surface area contributed by atoms with Crippen molar-refractivity contribution in [3.63, 3.8) is 0 Å². The molecule has 152 valence electrons. The highest BCUT2D eigenvalue weighted by Gasteiger charge is 2.26. The van der Waals surface area contributed by atoms with Crippen LogP contribution in [-0.4, -0.2) is 49.5 Å². The molecule has 2 aromatic rings. The zero-order valence-corrected chi connectivity index (χ0v) is 17.4. The van der Waals surface area contributed by atoms with Gasteiger partial charge in [-0.15, -0.1) is 0 Å². The molecular formula is C20H28N4O3S. The van der Waals surface area contributed by atoms with E-state index >= 15 is 0 Å². The lowest BCUT2D eigenvalue weighted by atomic mass is 9.97. The summed E-state index contributed by atoms with van der Waals surface area (Å²) in [5, 5.41) is 3.76. The first-order valence-electron chi connectivity index (χ1n) is 9.56. The largest absolute Gasteiger partial charge is 0.333 e. The summed E-state index contributed by atoms with van der Waals surface area (Å²) in [6.07, 6.45) is 3.14. The van der Waals surface area contributed by atoms with Crippen molar-refractivity contribution in [3.05, 3.63) is 36.5 Å². The predicted molar refractivity (Wildman–Crippen MR) is 110 cm³/mol. The molecule has 1 fully saturated rings.